The number of aromatic nitrogens is 1. The summed E-state index contributed by atoms with van der Waals surface area (Å²) in [6.07, 6.45) is 10.5. The summed E-state index contributed by atoms with van der Waals surface area (Å²) in [4.78, 5) is 22.3. The van der Waals surface area contributed by atoms with Crippen molar-refractivity contribution in [3.05, 3.63) is 70.3 Å². The molecule has 0 saturated heterocycles. The first-order valence-corrected chi connectivity index (χ1v) is 11.9. The van der Waals surface area contributed by atoms with Crippen LogP contribution in [0.4, 0.5) is 4.39 Å². The number of hydrogen-bond donors (Lipinski definition) is 2. The Morgan fingerprint density at radius 1 is 1.33 bits per heavy atom. The zero-order valence-electron chi connectivity index (χ0n) is 22.3. The summed E-state index contributed by atoms with van der Waals surface area (Å²) in [6, 6.07) is 2.17. The van der Waals surface area contributed by atoms with Crippen molar-refractivity contribution in [1.29, 1.82) is 0 Å². The van der Waals surface area contributed by atoms with Gasteiger partial charge in [0.05, 0.1) is 18.9 Å². The third-order valence-corrected chi connectivity index (χ3v) is 5.18. The number of hydrogen-bond acceptors (Lipinski definition) is 6. The number of nitrogens with one attached hydrogen (secondary N) is 1. The molecule has 2 heterocycles. The number of hydrazone groups is 1. The summed E-state index contributed by atoms with van der Waals surface area (Å²) in [5, 5.41) is 14.8. The molecule has 0 atom stereocenters. The second-order valence-electron chi connectivity index (χ2n) is 7.65. The first-order chi connectivity index (χ1) is 17.3. The lowest BCUT2D eigenvalue weighted by Crippen LogP contribution is -2.19. The van der Waals surface area contributed by atoms with E-state index in [2.05, 4.69) is 20.5 Å². The van der Waals surface area contributed by atoms with Crippen molar-refractivity contribution in [2.24, 2.45) is 10.1 Å². The molecule has 0 aliphatic carbocycles. The predicted octanol–water partition coefficient (Wildman–Crippen LogP) is 4.94. The summed E-state index contributed by atoms with van der Waals surface area (Å²) >= 11 is 0. The lowest BCUT2D eigenvalue weighted by Gasteiger charge is -2.09. The van der Waals surface area contributed by atoms with E-state index in [9.17, 15) is 14.3 Å². The summed E-state index contributed by atoms with van der Waals surface area (Å²) < 4.78 is 19.1. The van der Waals surface area contributed by atoms with E-state index in [-0.39, 0.29) is 29.1 Å². The number of methoxy groups -OCH3 is 1. The first-order valence-electron chi connectivity index (χ1n) is 11.9. The van der Waals surface area contributed by atoms with E-state index < -0.39 is 0 Å². The van der Waals surface area contributed by atoms with E-state index >= 15 is 0 Å². The van der Waals surface area contributed by atoms with E-state index in [0.717, 1.165) is 23.1 Å². The summed E-state index contributed by atoms with van der Waals surface area (Å²) in [7, 11) is 4.73. The third kappa shape index (κ3) is 8.79. The van der Waals surface area contributed by atoms with Crippen LogP contribution in [0.2, 0.25) is 0 Å². The zero-order valence-corrected chi connectivity index (χ0v) is 22.3. The minimum Gasteiger partial charge on any atom is -0.505 e. The molecule has 0 unspecified atom stereocenters. The smallest absolute Gasteiger partial charge is 0.305 e. The maximum absolute atomic E-state index is 14.0. The van der Waals surface area contributed by atoms with Gasteiger partial charge in [0.25, 0.3) is 5.91 Å². The van der Waals surface area contributed by atoms with Gasteiger partial charge in [-0.3, -0.25) is 9.78 Å². The minimum atomic E-state index is -0.328. The Bertz CT molecular complexity index is 1080. The Hall–Kier alpha value is -3.75. The van der Waals surface area contributed by atoms with Crippen LogP contribution in [0.1, 0.15) is 59.8 Å². The quantitative estimate of drug-likeness (QED) is 0.240. The summed E-state index contributed by atoms with van der Waals surface area (Å²) in [5.41, 5.74) is 6.04. The minimum absolute atomic E-state index is 0.213. The SMILES string of the molecule is CC.CC/C=C\C(F)=C/Cc1cncc(O)c2c(c(C/C=N/NC(=NC)OC)c(C)c1)CN(C)C2=O. The molecule has 1 aliphatic rings. The molecule has 1 aromatic heterocycles. The van der Waals surface area contributed by atoms with Gasteiger partial charge < -0.3 is 14.7 Å². The molecule has 8 nitrogen and oxygen atoms in total. The highest BCUT2D eigenvalue weighted by Gasteiger charge is 2.29. The number of allylic oxidation sites excluding steroid dienone is 4. The third-order valence-electron chi connectivity index (χ3n) is 5.18. The number of carbonyl (C=O) groups is 1. The molecule has 36 heavy (non-hydrogen) atoms. The molecule has 2 N–H and O–H groups in total. The number of amides is 1. The van der Waals surface area contributed by atoms with Gasteiger partial charge in [-0.05, 0) is 54.2 Å². The fourth-order valence-corrected chi connectivity index (χ4v) is 3.46. The van der Waals surface area contributed by atoms with Gasteiger partial charge in [-0.1, -0.05) is 32.9 Å². The highest BCUT2D eigenvalue weighted by atomic mass is 19.1. The maximum Gasteiger partial charge on any atom is 0.305 e. The number of nitrogens with zero attached hydrogens (tertiary/aromatic N) is 4. The molecule has 0 saturated carbocycles. The standard InChI is InChI=1S/C25H32FN5O3.C2H6/c1-6-7-8-19(26)10-9-18-13-17(2)20(11-12-29-30-25(27-3)34-5)21-16-31(4)24(33)23(21)22(32)15-28-14-18;1-2/h7-8,10,12-15,32H,6,9,11,16H2,1-5H3,(H,27,30);1-2H3/b8-7-,17-13?,18-13?,18-14?,19-10+,20-17?,21-20?,22-15?,23-22?,28-14?,28-15?,29-12+;. The first kappa shape index (κ1) is 30.3. The summed E-state index contributed by atoms with van der Waals surface area (Å²) in [5.74, 6) is -0.822. The Kier molecular flexibility index (Phi) is 13.5. The predicted molar refractivity (Wildman–Crippen MR) is 143 cm³/mol. The maximum atomic E-state index is 14.0. The topological polar surface area (TPSA) is 99.4 Å². The average Bonchev–Trinajstić information content (AvgIpc) is 3.17. The number of ether oxygens (including phenoxy) is 1. The van der Waals surface area contributed by atoms with Crippen LogP contribution in [-0.2, 0) is 24.1 Å². The number of aliphatic imine (C=N–C) groups is 1. The molecule has 0 fully saturated rings. The van der Waals surface area contributed by atoms with Crippen LogP contribution in [0.15, 0.2) is 52.6 Å². The van der Waals surface area contributed by atoms with Gasteiger partial charge in [0.1, 0.15) is 11.6 Å². The number of aryl methyl sites for hydroxylation is 1. The van der Waals surface area contributed by atoms with E-state index in [1.54, 1.807) is 32.6 Å². The Labute approximate surface area is 213 Å². The van der Waals surface area contributed by atoms with Crippen LogP contribution >= 0.6 is 0 Å². The molecule has 1 amide bonds. The molecular formula is C27H38FN5O3. The number of fused-ring (bicyclic) bond motifs is 1. The van der Waals surface area contributed by atoms with Crippen molar-refractivity contribution >= 4 is 18.1 Å². The molecule has 2 rings (SSSR count). The van der Waals surface area contributed by atoms with Gasteiger partial charge in [-0.2, -0.15) is 5.10 Å². The van der Waals surface area contributed by atoms with Crippen LogP contribution < -0.4 is 5.43 Å². The van der Waals surface area contributed by atoms with Crippen LogP contribution in [0.5, 0.6) is 5.75 Å². The Morgan fingerprint density at radius 3 is 2.69 bits per heavy atom. The van der Waals surface area contributed by atoms with Crippen LogP contribution in [-0.4, -0.2) is 54.3 Å². The number of halogens is 1. The molecule has 0 radical (unpaired) electrons. The van der Waals surface area contributed by atoms with E-state index in [1.165, 1.54) is 30.4 Å². The number of rotatable bonds is 7. The van der Waals surface area contributed by atoms with Crippen molar-refractivity contribution in [2.75, 3.05) is 21.2 Å². The van der Waals surface area contributed by atoms with Gasteiger partial charge in [0.15, 0.2) is 0 Å². The Balaban J connectivity index is 0.00000316. The normalized spacial score (nSPS) is 13.4. The van der Waals surface area contributed by atoms with Crippen molar-refractivity contribution < 1.29 is 19.0 Å². The number of carbonyl (C=O) groups excluding carboxylic acids is 1. The second kappa shape index (κ2) is 16.0. The average molecular weight is 500 g/mol. The molecule has 1 aliphatic heterocycles. The monoisotopic (exact) mass is 499 g/mol. The molecule has 0 bridgehead atoms. The van der Waals surface area contributed by atoms with Crippen LogP contribution in [0, 0.1) is 6.92 Å². The van der Waals surface area contributed by atoms with Gasteiger partial charge >= 0.3 is 6.02 Å². The fourth-order valence-electron chi connectivity index (χ4n) is 3.46. The van der Waals surface area contributed by atoms with Gasteiger partial charge in [0, 0.05) is 39.5 Å². The van der Waals surface area contributed by atoms with E-state index in [0.29, 0.717) is 24.9 Å². The zero-order chi connectivity index (χ0) is 27.1. The van der Waals surface area contributed by atoms with Crippen molar-refractivity contribution in [1.82, 2.24) is 15.3 Å². The highest BCUT2D eigenvalue weighted by Crippen LogP contribution is 2.30. The molecule has 1 aromatic rings. The molecule has 196 valence electrons. The van der Waals surface area contributed by atoms with Crippen LogP contribution in [0.25, 0.3) is 0 Å². The van der Waals surface area contributed by atoms with Gasteiger partial charge in [-0.15, -0.1) is 0 Å². The van der Waals surface area contributed by atoms with Crippen molar-refractivity contribution in [3.63, 3.8) is 0 Å². The molecule has 0 spiro atoms. The molecular weight excluding hydrogens is 461 g/mol. The van der Waals surface area contributed by atoms with E-state index in [1.807, 2.05) is 33.8 Å². The second-order valence-corrected chi connectivity index (χ2v) is 7.65. The molecule has 0 aromatic carbocycles. The van der Waals surface area contributed by atoms with Gasteiger partial charge in [0.2, 0.25) is 0 Å². The highest BCUT2D eigenvalue weighted by molar-refractivity contribution is 6.01. The number of aromatic hydroxyl groups is 1. The van der Waals surface area contributed by atoms with E-state index in [4.69, 9.17) is 4.74 Å². The van der Waals surface area contributed by atoms with Crippen molar-refractivity contribution in [2.45, 2.75) is 53.5 Å². The lowest BCUT2D eigenvalue weighted by molar-refractivity contribution is 0.0814. The fraction of sp³-hybridized carbons (Fsp3) is 0.407. The number of amidine groups is 1. The molecule has 9 heteroatoms. The lowest BCUT2D eigenvalue weighted by atomic mass is 9.98. The van der Waals surface area contributed by atoms with Crippen LogP contribution in [0.3, 0.4) is 0 Å². The largest absolute Gasteiger partial charge is 0.505 e. The Morgan fingerprint density at radius 2 is 2.06 bits per heavy atom. The summed E-state index contributed by atoms with van der Waals surface area (Å²) in [6.45, 7) is 8.18. The van der Waals surface area contributed by atoms with Gasteiger partial charge in [-0.25, -0.2) is 14.8 Å². The van der Waals surface area contributed by atoms with Crippen molar-refractivity contribution in [3.8, 4) is 5.75 Å².